The van der Waals surface area contributed by atoms with Crippen molar-refractivity contribution in [3.8, 4) is 0 Å². The lowest BCUT2D eigenvalue weighted by atomic mass is 10.0. The van der Waals surface area contributed by atoms with Gasteiger partial charge in [-0.15, -0.1) is 0 Å². The van der Waals surface area contributed by atoms with Crippen molar-refractivity contribution in [3.63, 3.8) is 0 Å². The first kappa shape index (κ1) is 8.98. The summed E-state index contributed by atoms with van der Waals surface area (Å²) < 4.78 is 0. The van der Waals surface area contributed by atoms with E-state index in [9.17, 15) is 0 Å². The van der Waals surface area contributed by atoms with E-state index in [1.165, 1.54) is 11.3 Å². The molecule has 1 nitrogen and oxygen atoms in total. The summed E-state index contributed by atoms with van der Waals surface area (Å²) in [5.41, 5.74) is 2.53. The van der Waals surface area contributed by atoms with E-state index in [1.54, 1.807) is 0 Å². The van der Waals surface area contributed by atoms with Crippen LogP contribution in [0.25, 0.3) is 6.08 Å². The van der Waals surface area contributed by atoms with Crippen LogP contribution in [0.3, 0.4) is 0 Å². The van der Waals surface area contributed by atoms with Crippen molar-refractivity contribution in [1.82, 2.24) is 4.98 Å². The van der Waals surface area contributed by atoms with Gasteiger partial charge in [-0.1, -0.05) is 32.1 Å². The number of aromatic nitrogens is 1. The van der Waals surface area contributed by atoms with E-state index in [2.05, 4.69) is 23.2 Å². The summed E-state index contributed by atoms with van der Waals surface area (Å²) in [6.45, 7) is 4.00. The molecule has 0 radical (unpaired) electrons. The fourth-order valence-electron chi connectivity index (χ4n) is 1.24. The van der Waals surface area contributed by atoms with Gasteiger partial charge in [0.1, 0.15) is 0 Å². The van der Waals surface area contributed by atoms with Crippen molar-refractivity contribution >= 4 is 6.08 Å². The van der Waals surface area contributed by atoms with Crippen LogP contribution in [-0.4, -0.2) is 4.98 Å². The van der Waals surface area contributed by atoms with E-state index in [4.69, 9.17) is 0 Å². The largest absolute Gasteiger partial charge is 0.261 e. The molecule has 0 saturated heterocycles. The fourth-order valence-corrected chi connectivity index (χ4v) is 1.24. The Balaban J connectivity index is 0.000000336. The summed E-state index contributed by atoms with van der Waals surface area (Å²) in [6, 6.07) is 4.09. The third-order valence-electron chi connectivity index (χ3n) is 1.77. The van der Waals surface area contributed by atoms with Crippen LogP contribution in [0.15, 0.2) is 24.4 Å². The molecule has 2 rings (SSSR count). The van der Waals surface area contributed by atoms with E-state index in [0.29, 0.717) is 0 Å². The third kappa shape index (κ3) is 1.94. The van der Waals surface area contributed by atoms with Gasteiger partial charge in [-0.2, -0.15) is 0 Å². The predicted octanol–water partition coefficient (Wildman–Crippen LogP) is 3.07. The molecule has 0 spiro atoms. The fraction of sp³-hybridized carbons (Fsp3) is 0.364. The molecule has 0 N–H and O–H groups in total. The number of fused-ring (bicyclic) bond motifs is 1. The second kappa shape index (κ2) is 4.70. The second-order valence-electron chi connectivity index (χ2n) is 2.48. The van der Waals surface area contributed by atoms with Gasteiger partial charge in [0.15, 0.2) is 0 Å². The SMILES string of the molecule is C1=Cc2cccnc2CC1.CC. The van der Waals surface area contributed by atoms with Gasteiger partial charge in [-0.3, -0.25) is 4.98 Å². The summed E-state index contributed by atoms with van der Waals surface area (Å²) in [5, 5.41) is 0. The average Bonchev–Trinajstić information content (AvgIpc) is 2.21. The van der Waals surface area contributed by atoms with Crippen molar-refractivity contribution < 1.29 is 0 Å². The molecule has 1 heterocycles. The van der Waals surface area contributed by atoms with Crippen molar-refractivity contribution in [1.29, 1.82) is 0 Å². The lowest BCUT2D eigenvalue weighted by Gasteiger charge is -2.06. The Hall–Kier alpha value is -1.11. The minimum atomic E-state index is 1.10. The number of hydrogen-bond acceptors (Lipinski definition) is 1. The van der Waals surface area contributed by atoms with Crippen LogP contribution >= 0.6 is 0 Å². The summed E-state index contributed by atoms with van der Waals surface area (Å²) in [7, 11) is 0. The summed E-state index contributed by atoms with van der Waals surface area (Å²) in [4.78, 5) is 4.27. The predicted molar refractivity (Wildman–Crippen MR) is 52.9 cm³/mol. The first-order valence-corrected chi connectivity index (χ1v) is 4.57. The zero-order valence-corrected chi connectivity index (χ0v) is 7.75. The van der Waals surface area contributed by atoms with Crippen molar-refractivity contribution in [3.05, 3.63) is 35.7 Å². The number of hydrogen-bond donors (Lipinski definition) is 0. The number of pyridine rings is 1. The molecule has 0 fully saturated rings. The molecule has 1 aliphatic rings. The van der Waals surface area contributed by atoms with E-state index >= 15 is 0 Å². The van der Waals surface area contributed by atoms with Gasteiger partial charge < -0.3 is 0 Å². The Kier molecular flexibility index (Phi) is 3.52. The Morgan fingerprint density at radius 3 is 2.92 bits per heavy atom. The van der Waals surface area contributed by atoms with Crippen LogP contribution in [0.4, 0.5) is 0 Å². The lowest BCUT2D eigenvalue weighted by molar-refractivity contribution is 0.927. The highest BCUT2D eigenvalue weighted by Crippen LogP contribution is 2.15. The molecule has 1 aliphatic carbocycles. The average molecular weight is 161 g/mol. The summed E-state index contributed by atoms with van der Waals surface area (Å²) in [6.07, 6.45) is 8.45. The zero-order chi connectivity index (χ0) is 8.81. The number of nitrogens with zero attached hydrogens (tertiary/aromatic N) is 1. The van der Waals surface area contributed by atoms with Gasteiger partial charge in [0, 0.05) is 11.9 Å². The van der Waals surface area contributed by atoms with Gasteiger partial charge in [-0.25, -0.2) is 0 Å². The smallest absolute Gasteiger partial charge is 0.0478 e. The minimum Gasteiger partial charge on any atom is -0.261 e. The van der Waals surface area contributed by atoms with Gasteiger partial charge in [0.25, 0.3) is 0 Å². The molecule has 0 aromatic carbocycles. The molecule has 0 unspecified atom stereocenters. The van der Waals surface area contributed by atoms with Crippen molar-refractivity contribution in [2.75, 3.05) is 0 Å². The summed E-state index contributed by atoms with van der Waals surface area (Å²) in [5.74, 6) is 0. The monoisotopic (exact) mass is 161 g/mol. The van der Waals surface area contributed by atoms with Crippen molar-refractivity contribution in [2.45, 2.75) is 26.7 Å². The summed E-state index contributed by atoms with van der Waals surface area (Å²) >= 11 is 0. The van der Waals surface area contributed by atoms with E-state index < -0.39 is 0 Å². The molecule has 64 valence electrons. The number of allylic oxidation sites excluding steroid dienone is 1. The molecular weight excluding hydrogens is 146 g/mol. The molecule has 0 aliphatic heterocycles. The molecule has 0 saturated carbocycles. The first-order chi connectivity index (χ1) is 5.97. The molecule has 1 aromatic rings. The maximum Gasteiger partial charge on any atom is 0.0478 e. The van der Waals surface area contributed by atoms with Crippen LogP contribution in [0, 0.1) is 0 Å². The highest BCUT2D eigenvalue weighted by Gasteiger charge is 2.02. The van der Waals surface area contributed by atoms with Gasteiger partial charge in [0.05, 0.1) is 0 Å². The number of rotatable bonds is 0. The van der Waals surface area contributed by atoms with Gasteiger partial charge >= 0.3 is 0 Å². The van der Waals surface area contributed by atoms with Crippen LogP contribution in [0.5, 0.6) is 0 Å². The Morgan fingerprint density at radius 1 is 1.33 bits per heavy atom. The lowest BCUT2D eigenvalue weighted by Crippen LogP contribution is -1.95. The number of aryl methyl sites for hydroxylation is 1. The molecule has 12 heavy (non-hydrogen) atoms. The van der Waals surface area contributed by atoms with E-state index in [-0.39, 0.29) is 0 Å². The van der Waals surface area contributed by atoms with Gasteiger partial charge in [-0.05, 0) is 24.5 Å². The maximum atomic E-state index is 4.27. The van der Waals surface area contributed by atoms with E-state index in [1.807, 2.05) is 26.1 Å². The van der Waals surface area contributed by atoms with Crippen LogP contribution in [0.2, 0.25) is 0 Å². The maximum absolute atomic E-state index is 4.27. The minimum absolute atomic E-state index is 1.10. The van der Waals surface area contributed by atoms with E-state index in [0.717, 1.165) is 12.8 Å². The first-order valence-electron chi connectivity index (χ1n) is 4.57. The Morgan fingerprint density at radius 2 is 2.17 bits per heavy atom. The standard InChI is InChI=1S/C9H9N.C2H6/c1-2-6-9-8(4-1)5-3-7-10-9;1-2/h1,3-5,7H,2,6H2;1-2H3. The Labute approximate surface area is 74.2 Å². The molecule has 0 amide bonds. The van der Waals surface area contributed by atoms with Crippen LogP contribution < -0.4 is 0 Å². The van der Waals surface area contributed by atoms with Crippen LogP contribution in [0.1, 0.15) is 31.5 Å². The zero-order valence-electron chi connectivity index (χ0n) is 7.75. The van der Waals surface area contributed by atoms with Crippen LogP contribution in [-0.2, 0) is 6.42 Å². The van der Waals surface area contributed by atoms with Crippen molar-refractivity contribution in [2.24, 2.45) is 0 Å². The molecule has 1 heteroatoms. The molecule has 0 bridgehead atoms. The normalized spacial score (nSPS) is 12.8. The second-order valence-corrected chi connectivity index (χ2v) is 2.48. The third-order valence-corrected chi connectivity index (χ3v) is 1.77. The highest BCUT2D eigenvalue weighted by molar-refractivity contribution is 5.53. The molecular formula is C11H15N. The topological polar surface area (TPSA) is 12.9 Å². The molecule has 0 atom stereocenters. The Bertz CT molecular complexity index is 263. The quantitative estimate of drug-likeness (QED) is 0.570. The molecule has 1 aromatic heterocycles. The van der Waals surface area contributed by atoms with Gasteiger partial charge in [0.2, 0.25) is 0 Å². The highest BCUT2D eigenvalue weighted by atomic mass is 14.7.